The number of amides is 1. The fourth-order valence-electron chi connectivity index (χ4n) is 2.26. The van der Waals surface area contributed by atoms with E-state index in [-0.39, 0.29) is 5.91 Å². The lowest BCUT2D eigenvalue weighted by Gasteiger charge is -2.07. The molecule has 0 bridgehead atoms. The molecule has 3 nitrogen and oxygen atoms in total. The minimum absolute atomic E-state index is 0.118. The Bertz CT molecular complexity index is 859. The first kappa shape index (κ1) is 15.9. The van der Waals surface area contributed by atoms with Crippen LogP contribution in [0.3, 0.4) is 0 Å². The molecule has 0 aliphatic carbocycles. The number of halogens is 1. The van der Waals surface area contributed by atoms with E-state index < -0.39 is 0 Å². The van der Waals surface area contributed by atoms with Crippen molar-refractivity contribution < 1.29 is 4.79 Å². The van der Waals surface area contributed by atoms with E-state index in [0.717, 1.165) is 32.0 Å². The largest absolute Gasteiger partial charge is 0.321 e. The van der Waals surface area contributed by atoms with Gasteiger partial charge in [-0.3, -0.25) is 4.79 Å². The Morgan fingerprint density at radius 3 is 2.57 bits per heavy atom. The Balaban J connectivity index is 1.87. The van der Waals surface area contributed by atoms with Crippen LogP contribution in [0.15, 0.2) is 53.0 Å². The Kier molecular flexibility index (Phi) is 4.59. The summed E-state index contributed by atoms with van der Waals surface area (Å²) < 4.78 is 0.994. The van der Waals surface area contributed by atoms with E-state index in [0.29, 0.717) is 4.88 Å². The number of benzene rings is 2. The number of hydrogen-bond acceptors (Lipinski definition) is 3. The summed E-state index contributed by atoms with van der Waals surface area (Å²) >= 11 is 4.84. The average molecular weight is 387 g/mol. The number of rotatable bonds is 3. The predicted octanol–water partition coefficient (Wildman–Crippen LogP) is 5.44. The second-order valence-electron chi connectivity index (χ2n) is 5.21. The van der Waals surface area contributed by atoms with Gasteiger partial charge >= 0.3 is 0 Å². The van der Waals surface area contributed by atoms with Crippen molar-refractivity contribution in [2.45, 2.75) is 13.8 Å². The molecule has 1 N–H and O–H groups in total. The lowest BCUT2D eigenvalue weighted by Crippen LogP contribution is -2.12. The average Bonchev–Trinajstić information content (AvgIpc) is 2.93. The minimum atomic E-state index is -0.118. The van der Waals surface area contributed by atoms with Gasteiger partial charge in [-0.25, -0.2) is 4.98 Å². The molecule has 0 spiro atoms. The molecule has 3 rings (SSSR count). The van der Waals surface area contributed by atoms with Gasteiger partial charge in [-0.2, -0.15) is 0 Å². The molecular formula is C18H15BrN2OS. The van der Waals surface area contributed by atoms with Crippen LogP contribution in [0.25, 0.3) is 10.6 Å². The van der Waals surface area contributed by atoms with Gasteiger partial charge < -0.3 is 5.32 Å². The molecule has 1 amide bonds. The lowest BCUT2D eigenvalue weighted by molar-refractivity contribution is 0.102. The van der Waals surface area contributed by atoms with Crippen LogP contribution in [0.2, 0.25) is 0 Å². The maximum absolute atomic E-state index is 12.6. The molecular weight excluding hydrogens is 372 g/mol. The van der Waals surface area contributed by atoms with E-state index in [1.165, 1.54) is 11.3 Å². The van der Waals surface area contributed by atoms with E-state index in [1.54, 1.807) is 0 Å². The van der Waals surface area contributed by atoms with Gasteiger partial charge in [-0.05, 0) is 37.6 Å². The highest BCUT2D eigenvalue weighted by molar-refractivity contribution is 9.10. The molecule has 0 aliphatic heterocycles. The van der Waals surface area contributed by atoms with E-state index in [1.807, 2.05) is 62.4 Å². The van der Waals surface area contributed by atoms with Gasteiger partial charge in [0.2, 0.25) is 0 Å². The molecule has 0 fully saturated rings. The van der Waals surface area contributed by atoms with Crippen LogP contribution in [0.1, 0.15) is 20.9 Å². The maximum atomic E-state index is 12.6. The van der Waals surface area contributed by atoms with Gasteiger partial charge in [0, 0.05) is 15.7 Å². The fourth-order valence-corrected chi connectivity index (χ4v) is 3.70. The molecule has 0 radical (unpaired) electrons. The summed E-state index contributed by atoms with van der Waals surface area (Å²) in [5.41, 5.74) is 3.60. The van der Waals surface area contributed by atoms with Gasteiger partial charge in [-0.15, -0.1) is 11.3 Å². The first-order valence-electron chi connectivity index (χ1n) is 7.15. The van der Waals surface area contributed by atoms with E-state index in [2.05, 4.69) is 26.2 Å². The van der Waals surface area contributed by atoms with Gasteiger partial charge in [0.25, 0.3) is 5.91 Å². The third kappa shape index (κ3) is 3.51. The maximum Gasteiger partial charge on any atom is 0.267 e. The molecule has 1 aromatic heterocycles. The number of nitrogens with one attached hydrogen (secondary N) is 1. The Hall–Kier alpha value is -1.98. The molecule has 3 aromatic rings. The van der Waals surface area contributed by atoms with Crippen LogP contribution in [0.4, 0.5) is 5.69 Å². The molecule has 0 saturated heterocycles. The highest BCUT2D eigenvalue weighted by atomic mass is 79.9. The third-order valence-corrected chi connectivity index (χ3v) is 5.16. The number of hydrogen-bond donors (Lipinski definition) is 1. The second-order valence-corrected chi connectivity index (χ2v) is 7.13. The zero-order valence-corrected chi connectivity index (χ0v) is 15.2. The van der Waals surface area contributed by atoms with Crippen LogP contribution < -0.4 is 5.32 Å². The summed E-state index contributed by atoms with van der Waals surface area (Å²) in [6, 6.07) is 15.7. The molecule has 5 heteroatoms. The van der Waals surface area contributed by atoms with E-state index in [9.17, 15) is 4.79 Å². The predicted molar refractivity (Wildman–Crippen MR) is 99.1 cm³/mol. The van der Waals surface area contributed by atoms with Crippen LogP contribution in [-0.4, -0.2) is 10.9 Å². The van der Waals surface area contributed by atoms with Crippen molar-refractivity contribution in [3.8, 4) is 10.6 Å². The standard InChI is InChI=1S/C18H15BrN2OS/c1-11-10-14(19)8-9-15(11)21-17(22)16-12(2)20-18(23-16)13-6-4-3-5-7-13/h3-10H,1-2H3,(H,21,22). The van der Waals surface area contributed by atoms with Crippen LogP contribution in [-0.2, 0) is 0 Å². The number of carbonyl (C=O) groups is 1. The lowest BCUT2D eigenvalue weighted by atomic mass is 10.2. The van der Waals surface area contributed by atoms with Crippen LogP contribution in [0, 0.1) is 13.8 Å². The monoisotopic (exact) mass is 386 g/mol. The zero-order chi connectivity index (χ0) is 16.4. The van der Waals surface area contributed by atoms with Crippen molar-refractivity contribution in [2.24, 2.45) is 0 Å². The first-order valence-corrected chi connectivity index (χ1v) is 8.76. The molecule has 0 atom stereocenters. The number of thiazole rings is 1. The van der Waals surface area contributed by atoms with Crippen molar-refractivity contribution in [3.05, 3.63) is 69.1 Å². The molecule has 0 aliphatic rings. The van der Waals surface area contributed by atoms with E-state index in [4.69, 9.17) is 0 Å². The summed E-state index contributed by atoms with van der Waals surface area (Å²) in [6.45, 7) is 3.83. The fraction of sp³-hybridized carbons (Fsp3) is 0.111. The van der Waals surface area contributed by atoms with Crippen molar-refractivity contribution in [2.75, 3.05) is 5.32 Å². The van der Waals surface area contributed by atoms with Crippen molar-refractivity contribution in [1.29, 1.82) is 0 Å². The summed E-state index contributed by atoms with van der Waals surface area (Å²) in [7, 11) is 0. The molecule has 0 saturated carbocycles. The number of carbonyl (C=O) groups excluding carboxylic acids is 1. The topological polar surface area (TPSA) is 42.0 Å². The number of anilines is 1. The highest BCUT2D eigenvalue weighted by Gasteiger charge is 2.17. The zero-order valence-electron chi connectivity index (χ0n) is 12.8. The minimum Gasteiger partial charge on any atom is -0.321 e. The van der Waals surface area contributed by atoms with Crippen LogP contribution in [0.5, 0.6) is 0 Å². The summed E-state index contributed by atoms with van der Waals surface area (Å²) in [4.78, 5) is 17.7. The van der Waals surface area contributed by atoms with Gasteiger partial charge in [0.05, 0.1) is 5.69 Å². The van der Waals surface area contributed by atoms with Crippen LogP contribution >= 0.6 is 27.3 Å². The Labute approximate surface area is 147 Å². The van der Waals surface area contributed by atoms with Gasteiger partial charge in [0.15, 0.2) is 0 Å². The molecule has 116 valence electrons. The highest BCUT2D eigenvalue weighted by Crippen LogP contribution is 2.29. The molecule has 0 unspecified atom stereocenters. The summed E-state index contributed by atoms with van der Waals surface area (Å²) in [5.74, 6) is -0.118. The van der Waals surface area contributed by atoms with Crippen molar-refractivity contribution >= 4 is 38.9 Å². The third-order valence-electron chi connectivity index (χ3n) is 3.46. The van der Waals surface area contributed by atoms with Gasteiger partial charge in [0.1, 0.15) is 9.88 Å². The first-order chi connectivity index (χ1) is 11.0. The second kappa shape index (κ2) is 6.64. The number of nitrogens with zero attached hydrogens (tertiary/aromatic N) is 1. The number of aromatic nitrogens is 1. The molecule has 1 heterocycles. The van der Waals surface area contributed by atoms with Crippen molar-refractivity contribution in [3.63, 3.8) is 0 Å². The smallest absolute Gasteiger partial charge is 0.267 e. The quantitative estimate of drug-likeness (QED) is 0.650. The normalized spacial score (nSPS) is 10.6. The Morgan fingerprint density at radius 1 is 1.13 bits per heavy atom. The Morgan fingerprint density at radius 2 is 1.87 bits per heavy atom. The van der Waals surface area contributed by atoms with E-state index >= 15 is 0 Å². The number of aryl methyl sites for hydroxylation is 2. The molecule has 23 heavy (non-hydrogen) atoms. The summed E-state index contributed by atoms with van der Waals surface area (Å²) in [6.07, 6.45) is 0. The van der Waals surface area contributed by atoms with Crippen molar-refractivity contribution in [1.82, 2.24) is 4.98 Å². The molecule has 2 aromatic carbocycles. The SMILES string of the molecule is Cc1cc(Br)ccc1NC(=O)c1sc(-c2ccccc2)nc1C. The van der Waals surface area contributed by atoms with Gasteiger partial charge in [-0.1, -0.05) is 46.3 Å². The summed E-state index contributed by atoms with van der Waals surface area (Å²) in [5, 5.41) is 3.83.